The average molecular weight is 1740 g/mol. The van der Waals surface area contributed by atoms with Gasteiger partial charge in [-0.05, 0) is 391 Å². The van der Waals surface area contributed by atoms with Crippen LogP contribution in [0.3, 0.4) is 0 Å². The van der Waals surface area contributed by atoms with Gasteiger partial charge >= 0.3 is 0 Å². The molecule has 128 heavy (non-hydrogen) atoms. The molecular weight excluding hydrogens is 1570 g/mol. The van der Waals surface area contributed by atoms with Crippen LogP contribution in [0.4, 0.5) is 17.6 Å². The highest BCUT2D eigenvalue weighted by atomic mass is 19.1. The minimum absolute atomic E-state index is 0.0523. The summed E-state index contributed by atoms with van der Waals surface area (Å²) in [5.41, 5.74) is 17.7. The maximum absolute atomic E-state index is 15.1. The van der Waals surface area contributed by atoms with E-state index in [9.17, 15) is 0 Å². The molecule has 8 saturated carbocycles. The van der Waals surface area contributed by atoms with E-state index >= 15 is 17.6 Å². The molecule has 8 aliphatic carbocycles. The predicted octanol–water partition coefficient (Wildman–Crippen LogP) is 40.1. The lowest BCUT2D eigenvalue weighted by Gasteiger charge is -2.29. The minimum atomic E-state index is -0.0551. The topological polar surface area (TPSA) is 0 Å². The first-order valence-corrected chi connectivity index (χ1v) is 54.3. The van der Waals surface area contributed by atoms with Gasteiger partial charge in [-0.3, -0.25) is 0 Å². The largest absolute Gasteiger partial charge is 0.206 e. The van der Waals surface area contributed by atoms with Crippen molar-refractivity contribution < 1.29 is 17.6 Å². The van der Waals surface area contributed by atoms with Crippen molar-refractivity contribution in [1.82, 2.24) is 0 Å². The van der Waals surface area contributed by atoms with Crippen molar-refractivity contribution in [2.24, 2.45) is 47.3 Å². The predicted molar refractivity (Wildman–Crippen MR) is 543 cm³/mol. The molecule has 0 unspecified atom stereocenters. The molecule has 0 bridgehead atoms. The molecule has 8 aromatic rings. The Morgan fingerprint density at radius 2 is 0.344 bits per heavy atom. The maximum Gasteiger partial charge on any atom is 0.131 e. The second-order valence-electron chi connectivity index (χ2n) is 42.9. The van der Waals surface area contributed by atoms with Gasteiger partial charge in [0.05, 0.1) is 0 Å². The van der Waals surface area contributed by atoms with Crippen LogP contribution < -0.4 is 0 Å². The number of unbranched alkanes of at least 4 members (excludes halogenated alkanes) is 5. The molecule has 0 radical (unpaired) electrons. The standard InChI is InChI=1S/C32H45F.2C31H43F.C30H41F/c1-3-5-6-8-25-11-13-26(14-12-25)27-17-19-29(20-18-27)31-22-21-30(23-32(31)33)28-15-9-24(7-4-2)10-16-28;1-3-5-6-7-24-10-14-25(15-11-24)26-16-18-28(19-17-26)30-21-20-29(22-31(30)32)27-12-8-23(4-2)9-13-27;1-3-5-7-24-10-12-25(13-11-24)26-16-18-28(19-17-26)30-21-20-29(22-31(30)32)27-14-8-23(6-4-2)9-15-27;1-3-5-22-7-11-24(12-8-22)25-15-17-27(18-16-25)29-20-19-28(21-30(29)31)26-13-9-23(6-4-2)10-14-26/h17-26,28H,3-16H2,1-2H3;2*16-25,27H,3-15H2,1-2H3;15-24,26H,3-14H2,1-2H3. The third kappa shape index (κ3) is 28.8. The van der Waals surface area contributed by atoms with Crippen molar-refractivity contribution in [3.8, 4) is 44.5 Å². The maximum atomic E-state index is 15.1. The molecule has 0 spiro atoms. The van der Waals surface area contributed by atoms with Crippen molar-refractivity contribution in [2.45, 2.75) is 437 Å². The molecule has 0 N–H and O–H groups in total. The van der Waals surface area contributed by atoms with Gasteiger partial charge in [0.2, 0.25) is 0 Å². The molecule has 0 aromatic heterocycles. The van der Waals surface area contributed by atoms with Crippen LogP contribution in [0.15, 0.2) is 170 Å². The Kier molecular flexibility index (Phi) is 40.4. The van der Waals surface area contributed by atoms with Crippen LogP contribution in [0.5, 0.6) is 0 Å². The van der Waals surface area contributed by atoms with Gasteiger partial charge in [-0.25, -0.2) is 17.6 Å². The number of benzene rings is 8. The Morgan fingerprint density at radius 1 is 0.172 bits per heavy atom. The van der Waals surface area contributed by atoms with E-state index in [1.54, 1.807) is 0 Å². The van der Waals surface area contributed by atoms with Crippen LogP contribution in [0, 0.1) is 70.6 Å². The summed E-state index contributed by atoms with van der Waals surface area (Å²) in [5.74, 6) is 12.1. The first kappa shape index (κ1) is 99.0. The van der Waals surface area contributed by atoms with Gasteiger partial charge in [-0.1, -0.05) is 329 Å². The van der Waals surface area contributed by atoms with E-state index in [0.29, 0.717) is 47.3 Å². The summed E-state index contributed by atoms with van der Waals surface area (Å²) in [6, 6.07) is 59.4. The van der Waals surface area contributed by atoms with Crippen LogP contribution in [0.1, 0.15) is 481 Å². The Morgan fingerprint density at radius 3 is 0.523 bits per heavy atom. The van der Waals surface area contributed by atoms with Gasteiger partial charge < -0.3 is 0 Å². The lowest BCUT2D eigenvalue weighted by Crippen LogP contribution is -2.13. The van der Waals surface area contributed by atoms with Gasteiger partial charge in [-0.2, -0.15) is 0 Å². The molecule has 0 nitrogen and oxygen atoms in total. The molecular formula is C124H172F4. The van der Waals surface area contributed by atoms with Crippen molar-refractivity contribution in [3.63, 3.8) is 0 Å². The second-order valence-corrected chi connectivity index (χ2v) is 42.9. The normalized spacial score (nSPS) is 26.2. The molecule has 8 aromatic carbocycles. The molecule has 0 aliphatic heterocycles. The first-order valence-electron chi connectivity index (χ1n) is 54.3. The average Bonchev–Trinajstić information content (AvgIpc) is 0.818. The Labute approximate surface area is 778 Å². The molecule has 16 rings (SSSR count). The van der Waals surface area contributed by atoms with Gasteiger partial charge in [-0.15, -0.1) is 0 Å². The lowest BCUT2D eigenvalue weighted by molar-refractivity contribution is 0.303. The molecule has 8 aliphatic rings. The van der Waals surface area contributed by atoms with Crippen molar-refractivity contribution >= 4 is 0 Å². The summed E-state index contributed by atoms with van der Waals surface area (Å²) < 4.78 is 60.3. The highest BCUT2D eigenvalue weighted by Gasteiger charge is 2.32. The van der Waals surface area contributed by atoms with Gasteiger partial charge in [0.1, 0.15) is 23.3 Å². The fourth-order valence-corrected chi connectivity index (χ4v) is 25.7. The zero-order valence-electron chi connectivity index (χ0n) is 81.7. The van der Waals surface area contributed by atoms with E-state index in [1.165, 1.54) is 378 Å². The van der Waals surface area contributed by atoms with E-state index in [2.05, 4.69) is 177 Å². The van der Waals surface area contributed by atoms with Crippen molar-refractivity contribution in [2.75, 3.05) is 0 Å². The summed E-state index contributed by atoms with van der Waals surface area (Å²) in [5, 5.41) is 0. The van der Waals surface area contributed by atoms with E-state index in [-0.39, 0.29) is 23.3 Å². The van der Waals surface area contributed by atoms with Crippen LogP contribution in [-0.4, -0.2) is 0 Å². The Hall–Kier alpha value is -6.52. The third-order valence-electron chi connectivity index (χ3n) is 34.2. The lowest BCUT2D eigenvalue weighted by atomic mass is 9.76. The summed E-state index contributed by atoms with van der Waals surface area (Å²) >= 11 is 0. The monoisotopic (exact) mass is 1740 g/mol. The van der Waals surface area contributed by atoms with Crippen LogP contribution in [0.2, 0.25) is 0 Å². The second kappa shape index (κ2) is 52.2. The summed E-state index contributed by atoms with van der Waals surface area (Å²) in [7, 11) is 0. The van der Waals surface area contributed by atoms with Gasteiger partial charge in [0.25, 0.3) is 0 Å². The van der Waals surface area contributed by atoms with Crippen LogP contribution in [-0.2, 0) is 0 Å². The highest BCUT2D eigenvalue weighted by molar-refractivity contribution is 5.68. The quantitative estimate of drug-likeness (QED) is 0.0291. The van der Waals surface area contributed by atoms with E-state index in [1.807, 2.05) is 48.5 Å². The number of halogens is 4. The number of hydrogen-bond donors (Lipinski definition) is 0. The SMILES string of the molecule is CCCC1CCC(c2ccc(-c3ccc(C4CCC(CCC)CC4)cc3F)cc2)CC1.CCCCC1CCC(c2ccc(-c3ccc(C4CCC(CCC)CC4)cc3F)cc2)CC1.CCCCCC1CCC(c2ccc(-c3ccc(C4CCC(CC)CC4)cc3F)cc2)CC1.CCCCCC1CCC(c2ccc(-c3ccc(C4CCC(CCC)CC4)cc3F)cc2)CC1. The summed E-state index contributed by atoms with van der Waals surface area (Å²) in [6.45, 7) is 18.3. The Balaban J connectivity index is 0.000000146. The van der Waals surface area contributed by atoms with Crippen molar-refractivity contribution in [3.05, 3.63) is 238 Å². The van der Waals surface area contributed by atoms with Crippen molar-refractivity contribution in [1.29, 1.82) is 0 Å². The zero-order chi connectivity index (χ0) is 89.4. The van der Waals surface area contributed by atoms with E-state index in [4.69, 9.17) is 0 Å². The molecule has 0 amide bonds. The summed E-state index contributed by atoms with van der Waals surface area (Å²) in [6.07, 6.45) is 68.9. The molecule has 0 heterocycles. The smallest absolute Gasteiger partial charge is 0.131 e. The Bertz CT molecular complexity index is 4420. The van der Waals surface area contributed by atoms with E-state index < -0.39 is 0 Å². The third-order valence-corrected chi connectivity index (χ3v) is 34.2. The van der Waals surface area contributed by atoms with Crippen LogP contribution >= 0.6 is 0 Å². The molecule has 696 valence electrons. The zero-order valence-corrected chi connectivity index (χ0v) is 81.7. The minimum Gasteiger partial charge on any atom is -0.206 e. The first-order chi connectivity index (χ1) is 62.7. The van der Waals surface area contributed by atoms with E-state index in [0.717, 1.165) is 91.9 Å². The molecule has 0 atom stereocenters. The van der Waals surface area contributed by atoms with Gasteiger partial charge in [0, 0.05) is 22.3 Å². The number of hydrogen-bond acceptors (Lipinski definition) is 0. The summed E-state index contributed by atoms with van der Waals surface area (Å²) in [4.78, 5) is 0. The number of rotatable bonds is 32. The van der Waals surface area contributed by atoms with Crippen LogP contribution in [0.25, 0.3) is 44.5 Å². The van der Waals surface area contributed by atoms with Gasteiger partial charge in [0.15, 0.2) is 0 Å². The fourth-order valence-electron chi connectivity index (χ4n) is 25.7. The fraction of sp³-hybridized carbons (Fsp3) is 0.613. The molecule has 4 heteroatoms. The molecule has 8 fully saturated rings. The highest BCUT2D eigenvalue weighted by Crippen LogP contribution is 2.48. The molecule has 0 saturated heterocycles.